The molecule has 0 bridgehead atoms. The van der Waals surface area contributed by atoms with E-state index in [4.69, 9.17) is 16.7 Å². The molecule has 2 heterocycles. The number of aromatic nitrogens is 3. The van der Waals surface area contributed by atoms with E-state index in [9.17, 15) is 19.1 Å². The van der Waals surface area contributed by atoms with Gasteiger partial charge in [-0.05, 0) is 25.1 Å². The number of carboxylic acids is 1. The van der Waals surface area contributed by atoms with Crippen LogP contribution in [0.4, 0.5) is 4.39 Å². The number of rotatable bonds is 3. The van der Waals surface area contributed by atoms with Crippen LogP contribution >= 0.6 is 11.6 Å². The molecule has 1 saturated heterocycles. The van der Waals surface area contributed by atoms with Crippen molar-refractivity contribution in [2.75, 3.05) is 13.1 Å². The van der Waals surface area contributed by atoms with Crippen molar-refractivity contribution in [3.8, 4) is 5.69 Å². The van der Waals surface area contributed by atoms with Gasteiger partial charge < -0.3 is 15.1 Å². The van der Waals surface area contributed by atoms with Crippen molar-refractivity contribution in [1.29, 1.82) is 0 Å². The maximum absolute atomic E-state index is 13.3. The van der Waals surface area contributed by atoms with Crippen molar-refractivity contribution in [3.63, 3.8) is 0 Å². The van der Waals surface area contributed by atoms with Crippen molar-refractivity contribution >= 4 is 23.5 Å². The number of hydrogen-bond acceptors (Lipinski definition) is 5. The molecule has 138 valence electrons. The zero-order chi connectivity index (χ0) is 19.1. The summed E-state index contributed by atoms with van der Waals surface area (Å²) in [5.41, 5.74) is -0.809. The van der Waals surface area contributed by atoms with Gasteiger partial charge >= 0.3 is 5.97 Å². The van der Waals surface area contributed by atoms with Crippen LogP contribution in [0.1, 0.15) is 29.0 Å². The van der Waals surface area contributed by atoms with Crippen LogP contribution in [0.15, 0.2) is 18.2 Å². The normalized spacial score (nSPS) is 16.5. The molecule has 10 heteroatoms. The number of piperidine rings is 1. The van der Waals surface area contributed by atoms with Crippen molar-refractivity contribution in [2.45, 2.75) is 25.4 Å². The first kappa shape index (κ1) is 18.3. The summed E-state index contributed by atoms with van der Waals surface area (Å²) in [5.74, 6) is -2.27. The fourth-order valence-corrected chi connectivity index (χ4v) is 3.01. The van der Waals surface area contributed by atoms with E-state index in [2.05, 4.69) is 10.3 Å². The van der Waals surface area contributed by atoms with Crippen LogP contribution in [0.2, 0.25) is 5.02 Å². The van der Waals surface area contributed by atoms with E-state index in [0.29, 0.717) is 11.4 Å². The highest BCUT2D eigenvalue weighted by molar-refractivity contribution is 6.30. The van der Waals surface area contributed by atoms with Gasteiger partial charge in [0.1, 0.15) is 5.82 Å². The molecular formula is C16H16ClFN4O4. The Bertz CT molecular complexity index is 877. The molecule has 0 unspecified atom stereocenters. The molecule has 26 heavy (non-hydrogen) atoms. The van der Waals surface area contributed by atoms with E-state index < -0.39 is 23.3 Å². The average molecular weight is 383 g/mol. The number of carbonyl (C=O) groups excluding carboxylic acids is 1. The van der Waals surface area contributed by atoms with Crippen LogP contribution < -0.4 is 0 Å². The minimum Gasteiger partial charge on any atom is -0.479 e. The molecule has 2 N–H and O–H groups in total. The lowest BCUT2D eigenvalue weighted by atomic mass is 9.91. The predicted octanol–water partition coefficient (Wildman–Crippen LogP) is 1.42. The molecule has 3 rings (SSSR count). The number of carboxylic acid groups (broad SMARTS) is 1. The molecule has 0 atom stereocenters. The van der Waals surface area contributed by atoms with Gasteiger partial charge in [-0.3, -0.25) is 4.79 Å². The topological polar surface area (TPSA) is 109 Å². The Balaban J connectivity index is 1.81. The lowest BCUT2D eigenvalue weighted by molar-refractivity contribution is -0.162. The highest BCUT2D eigenvalue weighted by atomic mass is 35.5. The van der Waals surface area contributed by atoms with Crippen LogP contribution in [-0.2, 0) is 4.79 Å². The SMILES string of the molecule is Cc1c(C(=O)N2CCC(O)(C(=O)O)CC2)nnn1-c1ccc(F)c(Cl)c1. The standard InChI is InChI=1S/C16H16ClFN4O4/c1-9-13(14(23)21-6-4-16(26,5-7-21)15(24)25)19-20-22(9)10-2-3-12(18)11(17)8-10/h2-3,8,26H,4-7H2,1H3,(H,24,25). The van der Waals surface area contributed by atoms with Crippen molar-refractivity contribution in [2.24, 2.45) is 0 Å². The largest absolute Gasteiger partial charge is 0.479 e. The second-order valence-corrected chi connectivity index (χ2v) is 6.57. The van der Waals surface area contributed by atoms with E-state index >= 15 is 0 Å². The summed E-state index contributed by atoms with van der Waals surface area (Å²) >= 11 is 5.78. The summed E-state index contributed by atoms with van der Waals surface area (Å²) in [4.78, 5) is 25.2. The lowest BCUT2D eigenvalue weighted by Crippen LogP contribution is -2.51. The molecule has 1 aliphatic rings. The maximum atomic E-state index is 13.3. The van der Waals surface area contributed by atoms with E-state index in [1.807, 2.05) is 0 Å². The fraction of sp³-hybridized carbons (Fsp3) is 0.375. The van der Waals surface area contributed by atoms with Gasteiger partial charge in [0.15, 0.2) is 11.3 Å². The first-order chi connectivity index (χ1) is 12.2. The quantitative estimate of drug-likeness (QED) is 0.831. The maximum Gasteiger partial charge on any atom is 0.335 e. The molecule has 0 aliphatic carbocycles. The second kappa shape index (κ2) is 6.65. The van der Waals surface area contributed by atoms with Crippen molar-refractivity contribution in [1.82, 2.24) is 19.9 Å². The van der Waals surface area contributed by atoms with Gasteiger partial charge in [0.05, 0.1) is 16.4 Å². The summed E-state index contributed by atoms with van der Waals surface area (Å²) in [5, 5.41) is 26.7. The van der Waals surface area contributed by atoms with Gasteiger partial charge in [0, 0.05) is 25.9 Å². The number of aliphatic carboxylic acids is 1. The average Bonchev–Trinajstić information content (AvgIpc) is 2.99. The van der Waals surface area contributed by atoms with E-state index in [-0.39, 0.29) is 36.6 Å². The van der Waals surface area contributed by atoms with Gasteiger partial charge in [-0.2, -0.15) is 0 Å². The molecule has 1 aliphatic heterocycles. The van der Waals surface area contributed by atoms with Gasteiger partial charge in [0.25, 0.3) is 5.91 Å². The van der Waals surface area contributed by atoms with Crippen LogP contribution in [-0.4, -0.2) is 60.7 Å². The Morgan fingerprint density at radius 1 is 1.31 bits per heavy atom. The Labute approximate surface area is 152 Å². The first-order valence-corrected chi connectivity index (χ1v) is 8.23. The van der Waals surface area contributed by atoms with Crippen LogP contribution in [0.5, 0.6) is 0 Å². The van der Waals surface area contributed by atoms with Crippen LogP contribution in [0.3, 0.4) is 0 Å². The summed E-state index contributed by atoms with van der Waals surface area (Å²) < 4.78 is 14.7. The molecule has 8 nitrogen and oxygen atoms in total. The van der Waals surface area contributed by atoms with Gasteiger partial charge in [-0.25, -0.2) is 13.9 Å². The van der Waals surface area contributed by atoms with Crippen LogP contribution in [0.25, 0.3) is 5.69 Å². The summed E-state index contributed by atoms with van der Waals surface area (Å²) in [6.45, 7) is 1.83. The summed E-state index contributed by atoms with van der Waals surface area (Å²) in [7, 11) is 0. The molecule has 0 saturated carbocycles. The third-order valence-electron chi connectivity index (χ3n) is 4.52. The molecule has 0 radical (unpaired) electrons. The van der Waals surface area contributed by atoms with Gasteiger partial charge in [-0.1, -0.05) is 16.8 Å². The number of carbonyl (C=O) groups is 2. The Morgan fingerprint density at radius 3 is 2.54 bits per heavy atom. The molecule has 1 amide bonds. The minimum absolute atomic E-state index is 0.0607. The monoisotopic (exact) mass is 382 g/mol. The lowest BCUT2D eigenvalue weighted by Gasteiger charge is -2.35. The number of aliphatic hydroxyl groups is 1. The number of likely N-dealkylation sites (tertiary alicyclic amines) is 1. The third kappa shape index (κ3) is 3.15. The highest BCUT2D eigenvalue weighted by Crippen LogP contribution is 2.25. The first-order valence-electron chi connectivity index (χ1n) is 7.86. The van der Waals surface area contributed by atoms with Crippen LogP contribution in [0, 0.1) is 12.7 Å². The Kier molecular flexibility index (Phi) is 4.68. The number of nitrogens with zero attached hydrogens (tertiary/aromatic N) is 4. The molecule has 0 spiro atoms. The molecule has 1 aromatic heterocycles. The predicted molar refractivity (Wildman–Crippen MR) is 88.8 cm³/mol. The van der Waals surface area contributed by atoms with E-state index in [1.165, 1.54) is 27.8 Å². The smallest absolute Gasteiger partial charge is 0.335 e. The zero-order valence-electron chi connectivity index (χ0n) is 13.8. The summed E-state index contributed by atoms with van der Waals surface area (Å²) in [6, 6.07) is 4.03. The Hall–Kier alpha value is -2.52. The van der Waals surface area contributed by atoms with Crippen molar-refractivity contribution in [3.05, 3.63) is 40.4 Å². The molecular weight excluding hydrogens is 367 g/mol. The van der Waals surface area contributed by atoms with Gasteiger partial charge in [-0.15, -0.1) is 5.10 Å². The Morgan fingerprint density at radius 2 is 1.96 bits per heavy atom. The van der Waals surface area contributed by atoms with Gasteiger partial charge in [0.2, 0.25) is 0 Å². The van der Waals surface area contributed by atoms with E-state index in [1.54, 1.807) is 6.92 Å². The van der Waals surface area contributed by atoms with Crippen molar-refractivity contribution < 1.29 is 24.2 Å². The highest BCUT2D eigenvalue weighted by Gasteiger charge is 2.41. The minimum atomic E-state index is -1.81. The zero-order valence-corrected chi connectivity index (χ0v) is 14.6. The van der Waals surface area contributed by atoms with E-state index in [0.717, 1.165) is 0 Å². The molecule has 1 fully saturated rings. The number of benzene rings is 1. The number of amides is 1. The number of halogens is 2. The fourth-order valence-electron chi connectivity index (χ4n) is 2.83. The summed E-state index contributed by atoms with van der Waals surface area (Å²) in [6.07, 6.45) is -0.121. The second-order valence-electron chi connectivity index (χ2n) is 6.16. The number of hydrogen-bond donors (Lipinski definition) is 2. The molecule has 1 aromatic carbocycles. The molecule has 2 aromatic rings. The third-order valence-corrected chi connectivity index (χ3v) is 4.81.